The number of carbonyl (C=O) groups is 1. The molecule has 76 valence electrons. The highest BCUT2D eigenvalue weighted by Gasteiger charge is 2.16. The monoisotopic (exact) mass is 196 g/mol. The van der Waals surface area contributed by atoms with Gasteiger partial charge in [-0.1, -0.05) is 0 Å². The molecule has 0 aromatic carbocycles. The molecule has 2 heterocycles. The molecular formula is C10H12O4. The molecule has 1 aliphatic rings. The van der Waals surface area contributed by atoms with Gasteiger partial charge in [-0.15, -0.1) is 0 Å². The second kappa shape index (κ2) is 4.39. The van der Waals surface area contributed by atoms with Gasteiger partial charge in [-0.05, 0) is 12.1 Å². The summed E-state index contributed by atoms with van der Waals surface area (Å²) in [5, 5.41) is 0. The Morgan fingerprint density at radius 2 is 2.14 bits per heavy atom. The predicted molar refractivity (Wildman–Crippen MR) is 48.1 cm³/mol. The van der Waals surface area contributed by atoms with Crippen LogP contribution in [0.2, 0.25) is 0 Å². The molecule has 0 bridgehead atoms. The van der Waals surface area contributed by atoms with Crippen molar-refractivity contribution in [1.82, 2.24) is 0 Å². The van der Waals surface area contributed by atoms with Crippen LogP contribution in [0.15, 0.2) is 16.5 Å². The van der Waals surface area contributed by atoms with Crippen molar-refractivity contribution in [1.29, 1.82) is 0 Å². The second-order valence-electron chi connectivity index (χ2n) is 3.13. The Kier molecular flexibility index (Phi) is 2.96. The topological polar surface area (TPSA) is 48.7 Å². The van der Waals surface area contributed by atoms with Crippen molar-refractivity contribution in [2.24, 2.45) is 0 Å². The Labute approximate surface area is 81.8 Å². The molecule has 0 radical (unpaired) electrons. The van der Waals surface area contributed by atoms with Crippen LogP contribution in [0, 0.1) is 0 Å². The standard InChI is InChI=1S/C10H12O4/c11-7-9-2-1-8(14-9)3-4-10-12-5-6-13-10/h1-2,7,10H,3-6H2. The van der Waals surface area contributed by atoms with Gasteiger partial charge in [0.1, 0.15) is 5.76 Å². The minimum absolute atomic E-state index is 0.111. The van der Waals surface area contributed by atoms with Crippen molar-refractivity contribution in [2.45, 2.75) is 19.1 Å². The summed E-state index contributed by atoms with van der Waals surface area (Å²) in [6, 6.07) is 3.47. The average Bonchev–Trinajstić information content (AvgIpc) is 2.86. The molecule has 1 aliphatic heterocycles. The third-order valence-electron chi connectivity index (χ3n) is 2.12. The van der Waals surface area contributed by atoms with Crippen molar-refractivity contribution >= 4 is 6.29 Å². The van der Waals surface area contributed by atoms with E-state index in [1.165, 1.54) is 0 Å². The van der Waals surface area contributed by atoms with Gasteiger partial charge in [-0.2, -0.15) is 0 Å². The van der Waals surface area contributed by atoms with E-state index in [1.54, 1.807) is 12.1 Å². The minimum Gasteiger partial charge on any atom is -0.458 e. The molecule has 0 spiro atoms. The summed E-state index contributed by atoms with van der Waals surface area (Å²) < 4.78 is 15.8. The van der Waals surface area contributed by atoms with Crippen LogP contribution in [0.1, 0.15) is 22.7 Å². The molecule has 1 aromatic heterocycles. The van der Waals surface area contributed by atoms with Crippen LogP contribution in [0.25, 0.3) is 0 Å². The summed E-state index contributed by atoms with van der Waals surface area (Å²) in [5.41, 5.74) is 0. The molecule has 0 aliphatic carbocycles. The van der Waals surface area contributed by atoms with Gasteiger partial charge in [0.05, 0.1) is 13.2 Å². The maximum Gasteiger partial charge on any atom is 0.185 e. The Bertz CT molecular complexity index is 299. The number of carbonyl (C=O) groups excluding carboxylic acids is 1. The molecule has 0 N–H and O–H groups in total. The van der Waals surface area contributed by atoms with Gasteiger partial charge < -0.3 is 13.9 Å². The van der Waals surface area contributed by atoms with Crippen LogP contribution >= 0.6 is 0 Å². The van der Waals surface area contributed by atoms with Gasteiger partial charge in [-0.25, -0.2) is 0 Å². The molecule has 1 aromatic rings. The summed E-state index contributed by atoms with van der Waals surface area (Å²) in [7, 11) is 0. The highest BCUT2D eigenvalue weighted by Crippen LogP contribution is 2.14. The highest BCUT2D eigenvalue weighted by molar-refractivity contribution is 5.70. The van der Waals surface area contributed by atoms with E-state index in [0.29, 0.717) is 25.3 Å². The largest absolute Gasteiger partial charge is 0.458 e. The lowest BCUT2D eigenvalue weighted by atomic mass is 10.2. The first-order chi connectivity index (χ1) is 6.88. The lowest BCUT2D eigenvalue weighted by Crippen LogP contribution is -2.08. The van der Waals surface area contributed by atoms with E-state index in [2.05, 4.69) is 0 Å². The third kappa shape index (κ3) is 2.21. The Hall–Kier alpha value is -1.13. The molecule has 4 heteroatoms. The third-order valence-corrected chi connectivity index (χ3v) is 2.12. The van der Waals surface area contributed by atoms with Crippen LogP contribution < -0.4 is 0 Å². The van der Waals surface area contributed by atoms with Crippen molar-refractivity contribution in [3.63, 3.8) is 0 Å². The van der Waals surface area contributed by atoms with Crippen LogP contribution in [0.3, 0.4) is 0 Å². The van der Waals surface area contributed by atoms with Crippen molar-refractivity contribution in [2.75, 3.05) is 13.2 Å². The zero-order valence-corrected chi connectivity index (χ0v) is 7.77. The van der Waals surface area contributed by atoms with Crippen LogP contribution in [-0.2, 0) is 15.9 Å². The summed E-state index contributed by atoms with van der Waals surface area (Å²) in [6.45, 7) is 1.34. The molecule has 0 saturated carbocycles. The lowest BCUT2D eigenvalue weighted by Gasteiger charge is -2.06. The predicted octanol–water partition coefficient (Wildman–Crippen LogP) is 1.40. The fourth-order valence-electron chi connectivity index (χ4n) is 1.43. The zero-order chi connectivity index (χ0) is 9.80. The molecule has 4 nitrogen and oxygen atoms in total. The van der Waals surface area contributed by atoms with Gasteiger partial charge >= 0.3 is 0 Å². The summed E-state index contributed by atoms with van der Waals surface area (Å²) in [5.74, 6) is 1.17. The highest BCUT2D eigenvalue weighted by atomic mass is 16.7. The molecule has 1 saturated heterocycles. The minimum atomic E-state index is -0.111. The molecular weight excluding hydrogens is 184 g/mol. The smallest absolute Gasteiger partial charge is 0.185 e. The first-order valence-corrected chi connectivity index (χ1v) is 4.65. The normalized spacial score (nSPS) is 17.4. The number of ether oxygens (including phenoxy) is 2. The quantitative estimate of drug-likeness (QED) is 0.683. The lowest BCUT2D eigenvalue weighted by molar-refractivity contribution is -0.0469. The number of rotatable bonds is 4. The van der Waals surface area contributed by atoms with Gasteiger partial charge in [0.25, 0.3) is 0 Å². The van der Waals surface area contributed by atoms with E-state index in [-0.39, 0.29) is 6.29 Å². The van der Waals surface area contributed by atoms with E-state index in [9.17, 15) is 4.79 Å². The fraction of sp³-hybridized carbons (Fsp3) is 0.500. The Morgan fingerprint density at radius 1 is 1.36 bits per heavy atom. The number of furan rings is 1. The molecule has 1 fully saturated rings. The number of aldehydes is 1. The van der Waals surface area contributed by atoms with Crippen LogP contribution in [0.5, 0.6) is 0 Å². The van der Waals surface area contributed by atoms with Crippen LogP contribution in [0.4, 0.5) is 0 Å². The van der Waals surface area contributed by atoms with E-state index in [1.807, 2.05) is 0 Å². The molecule has 14 heavy (non-hydrogen) atoms. The van der Waals surface area contributed by atoms with E-state index in [4.69, 9.17) is 13.9 Å². The number of hydrogen-bond acceptors (Lipinski definition) is 4. The molecule has 0 atom stereocenters. The zero-order valence-electron chi connectivity index (χ0n) is 7.77. The van der Waals surface area contributed by atoms with Gasteiger partial charge in [0.2, 0.25) is 0 Å². The average molecular weight is 196 g/mol. The molecule has 0 amide bonds. The van der Waals surface area contributed by atoms with Crippen molar-refractivity contribution in [3.05, 3.63) is 23.7 Å². The summed E-state index contributed by atoms with van der Waals surface area (Å²) >= 11 is 0. The van der Waals surface area contributed by atoms with Gasteiger partial charge in [-0.3, -0.25) is 4.79 Å². The maximum absolute atomic E-state index is 10.3. The van der Waals surface area contributed by atoms with E-state index < -0.39 is 0 Å². The first-order valence-electron chi connectivity index (χ1n) is 4.65. The molecule has 0 unspecified atom stereocenters. The SMILES string of the molecule is O=Cc1ccc(CCC2OCCO2)o1. The van der Waals surface area contributed by atoms with Crippen LogP contribution in [-0.4, -0.2) is 25.8 Å². The second-order valence-corrected chi connectivity index (χ2v) is 3.13. The number of hydrogen-bond donors (Lipinski definition) is 0. The number of aryl methyl sites for hydroxylation is 1. The first kappa shape index (κ1) is 9.43. The summed E-state index contributed by atoms with van der Waals surface area (Å²) in [6.07, 6.45) is 2.09. The van der Waals surface area contributed by atoms with Gasteiger partial charge in [0.15, 0.2) is 18.3 Å². The summed E-state index contributed by atoms with van der Waals surface area (Å²) in [4.78, 5) is 10.3. The van der Waals surface area contributed by atoms with Gasteiger partial charge in [0, 0.05) is 12.8 Å². The maximum atomic E-state index is 10.3. The fourth-order valence-corrected chi connectivity index (χ4v) is 1.43. The Balaban J connectivity index is 1.81. The van der Waals surface area contributed by atoms with E-state index in [0.717, 1.165) is 18.6 Å². The Morgan fingerprint density at radius 3 is 2.79 bits per heavy atom. The van der Waals surface area contributed by atoms with E-state index >= 15 is 0 Å². The van der Waals surface area contributed by atoms with Crippen molar-refractivity contribution < 1.29 is 18.7 Å². The van der Waals surface area contributed by atoms with Crippen molar-refractivity contribution in [3.8, 4) is 0 Å². The molecule has 2 rings (SSSR count).